The molecule has 3 nitrogen and oxygen atoms in total. The molecule has 16 heavy (non-hydrogen) atoms. The van der Waals surface area contributed by atoms with Crippen LogP contribution in [0.15, 0.2) is 18.2 Å². The minimum atomic E-state index is -0.515. The van der Waals surface area contributed by atoms with Gasteiger partial charge in [0.05, 0.1) is 11.0 Å². The predicted octanol–water partition coefficient (Wildman–Crippen LogP) is 2.81. The molecule has 3 heteroatoms. The lowest BCUT2D eigenvalue weighted by Gasteiger charge is -2.09. The summed E-state index contributed by atoms with van der Waals surface area (Å²) in [6.07, 6.45) is 0.526. The molecular formula is C13H18N2O. The summed E-state index contributed by atoms with van der Waals surface area (Å²) < 4.78 is 2.11. The van der Waals surface area contributed by atoms with Gasteiger partial charge in [0.15, 0.2) is 0 Å². The van der Waals surface area contributed by atoms with E-state index in [0.717, 1.165) is 29.8 Å². The number of aliphatic hydroxyl groups is 1. The molecule has 0 saturated carbocycles. The standard InChI is InChI=1S/C13H18N2O/c1-4-7-15-12-6-5-9(2)8-11(12)14-13(15)10(3)16/h5-6,8,10,16H,4,7H2,1-3H3. The Morgan fingerprint density at radius 1 is 1.44 bits per heavy atom. The van der Waals surface area contributed by atoms with Gasteiger partial charge in [-0.2, -0.15) is 0 Å². The summed E-state index contributed by atoms with van der Waals surface area (Å²) in [5, 5.41) is 9.72. The van der Waals surface area contributed by atoms with Crippen molar-refractivity contribution in [1.82, 2.24) is 9.55 Å². The van der Waals surface area contributed by atoms with Gasteiger partial charge >= 0.3 is 0 Å². The zero-order valence-corrected chi connectivity index (χ0v) is 10.1. The average Bonchev–Trinajstić information content (AvgIpc) is 2.57. The smallest absolute Gasteiger partial charge is 0.138 e. The Hall–Kier alpha value is -1.35. The van der Waals surface area contributed by atoms with Gasteiger partial charge in [-0.25, -0.2) is 4.98 Å². The first kappa shape index (κ1) is 11.1. The molecule has 0 fully saturated rings. The zero-order chi connectivity index (χ0) is 11.7. The van der Waals surface area contributed by atoms with Gasteiger partial charge in [0.2, 0.25) is 0 Å². The molecule has 1 heterocycles. The van der Waals surface area contributed by atoms with E-state index in [2.05, 4.69) is 41.6 Å². The first-order valence-electron chi connectivity index (χ1n) is 5.78. The van der Waals surface area contributed by atoms with E-state index in [0.29, 0.717) is 0 Å². The van der Waals surface area contributed by atoms with Crippen LogP contribution in [-0.2, 0) is 6.54 Å². The van der Waals surface area contributed by atoms with Crippen molar-refractivity contribution in [1.29, 1.82) is 0 Å². The molecule has 86 valence electrons. The zero-order valence-electron chi connectivity index (χ0n) is 10.1. The van der Waals surface area contributed by atoms with Crippen molar-refractivity contribution in [3.8, 4) is 0 Å². The number of hydrogen-bond acceptors (Lipinski definition) is 2. The molecule has 0 aliphatic heterocycles. The van der Waals surface area contributed by atoms with Crippen LogP contribution in [-0.4, -0.2) is 14.7 Å². The average molecular weight is 218 g/mol. The van der Waals surface area contributed by atoms with Gasteiger partial charge in [0.1, 0.15) is 11.9 Å². The number of aliphatic hydroxyl groups excluding tert-OH is 1. The van der Waals surface area contributed by atoms with Gasteiger partial charge in [-0.3, -0.25) is 0 Å². The molecule has 0 aliphatic rings. The van der Waals surface area contributed by atoms with Crippen molar-refractivity contribution in [3.05, 3.63) is 29.6 Å². The molecule has 0 saturated heterocycles. The first-order chi connectivity index (χ1) is 7.63. The van der Waals surface area contributed by atoms with E-state index in [4.69, 9.17) is 0 Å². The summed E-state index contributed by atoms with van der Waals surface area (Å²) in [5.41, 5.74) is 3.29. The Balaban J connectivity index is 2.65. The van der Waals surface area contributed by atoms with Crippen LogP contribution < -0.4 is 0 Å². The molecule has 1 N–H and O–H groups in total. The van der Waals surface area contributed by atoms with Gasteiger partial charge in [0.25, 0.3) is 0 Å². The lowest BCUT2D eigenvalue weighted by molar-refractivity contribution is 0.184. The molecule has 1 aromatic heterocycles. The molecule has 0 aliphatic carbocycles. The van der Waals surface area contributed by atoms with Crippen LogP contribution in [0.2, 0.25) is 0 Å². The summed E-state index contributed by atoms with van der Waals surface area (Å²) in [7, 11) is 0. The van der Waals surface area contributed by atoms with Gasteiger partial charge in [-0.05, 0) is 38.0 Å². The van der Waals surface area contributed by atoms with E-state index in [1.165, 1.54) is 5.56 Å². The van der Waals surface area contributed by atoms with Crippen molar-refractivity contribution >= 4 is 11.0 Å². The molecular weight excluding hydrogens is 200 g/mol. The summed E-state index contributed by atoms with van der Waals surface area (Å²) >= 11 is 0. The van der Waals surface area contributed by atoms with Gasteiger partial charge < -0.3 is 9.67 Å². The van der Waals surface area contributed by atoms with Crippen LogP contribution in [0.5, 0.6) is 0 Å². The topological polar surface area (TPSA) is 38.0 Å². The third kappa shape index (κ3) is 1.83. The Morgan fingerprint density at radius 2 is 2.19 bits per heavy atom. The highest BCUT2D eigenvalue weighted by molar-refractivity contribution is 5.77. The highest BCUT2D eigenvalue weighted by Gasteiger charge is 2.13. The maximum Gasteiger partial charge on any atom is 0.138 e. The largest absolute Gasteiger partial charge is 0.385 e. The van der Waals surface area contributed by atoms with Crippen molar-refractivity contribution in [2.75, 3.05) is 0 Å². The molecule has 0 bridgehead atoms. The summed E-state index contributed by atoms with van der Waals surface area (Å²) in [5.74, 6) is 0.766. The second-order valence-corrected chi connectivity index (χ2v) is 4.29. The number of imidazole rings is 1. The normalized spacial score (nSPS) is 13.2. The van der Waals surface area contributed by atoms with Crippen molar-refractivity contribution in [3.63, 3.8) is 0 Å². The van der Waals surface area contributed by atoms with Crippen molar-refractivity contribution < 1.29 is 5.11 Å². The van der Waals surface area contributed by atoms with Crippen LogP contribution >= 0.6 is 0 Å². The van der Waals surface area contributed by atoms with Crippen molar-refractivity contribution in [2.45, 2.75) is 39.8 Å². The minimum Gasteiger partial charge on any atom is -0.385 e. The Bertz CT molecular complexity index is 500. The first-order valence-corrected chi connectivity index (χ1v) is 5.78. The van der Waals surface area contributed by atoms with E-state index in [9.17, 15) is 5.11 Å². The van der Waals surface area contributed by atoms with E-state index in [-0.39, 0.29) is 0 Å². The molecule has 1 unspecified atom stereocenters. The minimum absolute atomic E-state index is 0.515. The van der Waals surface area contributed by atoms with Crippen LogP contribution in [0, 0.1) is 6.92 Å². The van der Waals surface area contributed by atoms with Crippen molar-refractivity contribution in [2.24, 2.45) is 0 Å². The maximum atomic E-state index is 9.72. The fourth-order valence-electron chi connectivity index (χ4n) is 2.04. The van der Waals surface area contributed by atoms with E-state index in [1.807, 2.05) is 0 Å². The monoisotopic (exact) mass is 218 g/mol. The molecule has 0 amide bonds. The molecule has 0 spiro atoms. The SMILES string of the molecule is CCCn1c(C(C)O)nc2cc(C)ccc21. The predicted molar refractivity (Wildman–Crippen MR) is 65.4 cm³/mol. The lowest BCUT2D eigenvalue weighted by Crippen LogP contribution is -2.06. The summed E-state index contributed by atoms with van der Waals surface area (Å²) in [4.78, 5) is 4.50. The number of hydrogen-bond donors (Lipinski definition) is 1. The third-order valence-electron chi connectivity index (χ3n) is 2.75. The molecule has 2 aromatic rings. The molecule has 1 aromatic carbocycles. The number of aromatic nitrogens is 2. The van der Waals surface area contributed by atoms with E-state index in [1.54, 1.807) is 6.92 Å². The fourth-order valence-corrected chi connectivity index (χ4v) is 2.04. The van der Waals surface area contributed by atoms with Gasteiger partial charge in [-0.1, -0.05) is 13.0 Å². The van der Waals surface area contributed by atoms with Crippen LogP contribution in [0.3, 0.4) is 0 Å². The number of aryl methyl sites for hydroxylation is 2. The maximum absolute atomic E-state index is 9.72. The third-order valence-corrected chi connectivity index (χ3v) is 2.75. The van der Waals surface area contributed by atoms with Gasteiger partial charge in [-0.15, -0.1) is 0 Å². The van der Waals surface area contributed by atoms with Crippen LogP contribution in [0.4, 0.5) is 0 Å². The second-order valence-electron chi connectivity index (χ2n) is 4.29. The lowest BCUT2D eigenvalue weighted by atomic mass is 10.2. The van der Waals surface area contributed by atoms with E-state index >= 15 is 0 Å². The number of nitrogens with zero attached hydrogens (tertiary/aromatic N) is 2. The number of rotatable bonds is 3. The quantitative estimate of drug-likeness (QED) is 0.860. The van der Waals surface area contributed by atoms with Crippen LogP contribution in [0.25, 0.3) is 11.0 Å². The Morgan fingerprint density at radius 3 is 2.81 bits per heavy atom. The molecule has 2 rings (SSSR count). The van der Waals surface area contributed by atoms with Gasteiger partial charge in [0, 0.05) is 6.54 Å². The number of fused-ring (bicyclic) bond motifs is 1. The summed E-state index contributed by atoms with van der Waals surface area (Å²) in [6, 6.07) is 6.23. The molecule has 0 radical (unpaired) electrons. The highest BCUT2D eigenvalue weighted by Crippen LogP contribution is 2.22. The van der Waals surface area contributed by atoms with E-state index < -0.39 is 6.10 Å². The Labute approximate surface area is 95.7 Å². The Kier molecular flexibility index (Phi) is 2.97. The van der Waals surface area contributed by atoms with Crippen LogP contribution in [0.1, 0.15) is 37.8 Å². The fraction of sp³-hybridized carbons (Fsp3) is 0.462. The second kappa shape index (κ2) is 4.26. The highest BCUT2D eigenvalue weighted by atomic mass is 16.3. The number of benzene rings is 1. The summed E-state index contributed by atoms with van der Waals surface area (Å²) in [6.45, 7) is 6.85. The molecule has 1 atom stereocenters.